The van der Waals surface area contributed by atoms with Gasteiger partial charge in [0, 0.05) is 0 Å². The standard InChI is InChI=1S/C4H6N2O2S/c5-3-4(1-2-4)9(6,7)8/h1-2H2,(H2,6,7,8). The van der Waals surface area contributed by atoms with Crippen LogP contribution >= 0.6 is 0 Å². The number of nitriles is 1. The fourth-order valence-corrected chi connectivity index (χ4v) is 1.37. The number of nitrogens with two attached hydrogens (primary N) is 1. The average molecular weight is 146 g/mol. The van der Waals surface area contributed by atoms with Gasteiger partial charge < -0.3 is 0 Å². The second kappa shape index (κ2) is 1.46. The first-order chi connectivity index (χ1) is 4.02. The summed E-state index contributed by atoms with van der Waals surface area (Å²) in [5.74, 6) is 0. The maximum Gasteiger partial charge on any atom is 0.228 e. The molecule has 0 heterocycles. The second-order valence-electron chi connectivity index (χ2n) is 2.15. The van der Waals surface area contributed by atoms with Gasteiger partial charge in [0.1, 0.15) is 0 Å². The predicted molar refractivity (Wildman–Crippen MR) is 30.7 cm³/mol. The van der Waals surface area contributed by atoms with Gasteiger partial charge in [-0.2, -0.15) is 5.26 Å². The molecule has 0 radical (unpaired) electrons. The molecule has 0 amide bonds. The first-order valence-electron chi connectivity index (χ1n) is 2.45. The highest BCUT2D eigenvalue weighted by Gasteiger charge is 2.53. The van der Waals surface area contributed by atoms with Crippen molar-refractivity contribution in [2.45, 2.75) is 17.6 Å². The lowest BCUT2D eigenvalue weighted by Gasteiger charge is -1.97. The monoisotopic (exact) mass is 146 g/mol. The fourth-order valence-electron chi connectivity index (χ4n) is 0.573. The van der Waals surface area contributed by atoms with Crippen LogP contribution in [0.4, 0.5) is 0 Å². The normalized spacial score (nSPS) is 22.7. The fraction of sp³-hybridized carbons (Fsp3) is 0.750. The Hall–Kier alpha value is -0.600. The van der Waals surface area contributed by atoms with Gasteiger partial charge in [0.25, 0.3) is 0 Å². The molecule has 2 N–H and O–H groups in total. The molecule has 0 aliphatic heterocycles. The lowest BCUT2D eigenvalue weighted by Crippen LogP contribution is -2.28. The summed E-state index contributed by atoms with van der Waals surface area (Å²) >= 11 is 0. The molecule has 5 heteroatoms. The average Bonchev–Trinajstić information content (AvgIpc) is 2.40. The van der Waals surface area contributed by atoms with Crippen LogP contribution in [0.3, 0.4) is 0 Å². The van der Waals surface area contributed by atoms with Gasteiger partial charge in [0.05, 0.1) is 6.07 Å². The highest BCUT2D eigenvalue weighted by atomic mass is 32.2. The molecular weight excluding hydrogens is 140 g/mol. The van der Waals surface area contributed by atoms with E-state index in [0.29, 0.717) is 12.8 Å². The van der Waals surface area contributed by atoms with Gasteiger partial charge in [-0.1, -0.05) is 0 Å². The Bertz CT molecular complexity index is 257. The van der Waals surface area contributed by atoms with E-state index in [1.807, 2.05) is 0 Å². The first-order valence-corrected chi connectivity index (χ1v) is 4.00. The van der Waals surface area contributed by atoms with Gasteiger partial charge in [-0.15, -0.1) is 0 Å². The van der Waals surface area contributed by atoms with Gasteiger partial charge in [0.15, 0.2) is 4.75 Å². The minimum atomic E-state index is -3.60. The highest BCUT2D eigenvalue weighted by Crippen LogP contribution is 2.40. The zero-order valence-electron chi connectivity index (χ0n) is 4.66. The molecular formula is C4H6N2O2S. The molecule has 1 aliphatic rings. The smallest absolute Gasteiger partial charge is 0.227 e. The molecule has 0 atom stereocenters. The summed E-state index contributed by atoms with van der Waals surface area (Å²) in [5.41, 5.74) is 0. The Morgan fingerprint density at radius 1 is 1.56 bits per heavy atom. The van der Waals surface area contributed by atoms with E-state index in [2.05, 4.69) is 0 Å². The summed E-state index contributed by atoms with van der Waals surface area (Å²) in [6, 6.07) is 1.68. The van der Waals surface area contributed by atoms with Crippen LogP contribution in [-0.4, -0.2) is 13.2 Å². The van der Waals surface area contributed by atoms with Crippen LogP contribution in [0.25, 0.3) is 0 Å². The van der Waals surface area contributed by atoms with Crippen LogP contribution in [0.15, 0.2) is 0 Å². The Kier molecular flexibility index (Phi) is 1.06. The van der Waals surface area contributed by atoms with Gasteiger partial charge in [-0.25, -0.2) is 13.6 Å². The summed E-state index contributed by atoms with van der Waals surface area (Å²) in [6.45, 7) is 0. The molecule has 0 aromatic carbocycles. The summed E-state index contributed by atoms with van der Waals surface area (Å²) in [5, 5.41) is 13.0. The van der Waals surface area contributed by atoms with Crippen molar-refractivity contribution in [2.75, 3.05) is 0 Å². The summed E-state index contributed by atoms with van der Waals surface area (Å²) in [7, 11) is -3.60. The number of nitrogens with zero attached hydrogens (tertiary/aromatic N) is 1. The van der Waals surface area contributed by atoms with Crippen LogP contribution < -0.4 is 5.14 Å². The number of sulfonamides is 1. The molecule has 0 bridgehead atoms. The number of hydrogen-bond donors (Lipinski definition) is 1. The predicted octanol–water partition coefficient (Wildman–Crippen LogP) is -0.669. The third-order valence-corrected chi connectivity index (χ3v) is 3.04. The lowest BCUT2D eigenvalue weighted by atomic mass is 10.5. The maximum atomic E-state index is 10.5. The Morgan fingerprint density at radius 3 is 2.00 bits per heavy atom. The van der Waals surface area contributed by atoms with Crippen LogP contribution in [0, 0.1) is 11.3 Å². The molecule has 9 heavy (non-hydrogen) atoms. The van der Waals surface area contributed by atoms with E-state index < -0.39 is 14.8 Å². The lowest BCUT2D eigenvalue weighted by molar-refractivity contribution is 0.590. The van der Waals surface area contributed by atoms with E-state index in [0.717, 1.165) is 0 Å². The Labute approximate surface area is 53.3 Å². The minimum absolute atomic E-state index is 0.391. The van der Waals surface area contributed by atoms with Crippen LogP contribution in [-0.2, 0) is 10.0 Å². The minimum Gasteiger partial charge on any atom is -0.227 e. The highest BCUT2D eigenvalue weighted by molar-refractivity contribution is 7.91. The Balaban J connectivity index is 3.02. The molecule has 1 aliphatic carbocycles. The quantitative estimate of drug-likeness (QED) is 0.532. The van der Waals surface area contributed by atoms with Crippen molar-refractivity contribution in [2.24, 2.45) is 5.14 Å². The van der Waals surface area contributed by atoms with Gasteiger partial charge in [-0.3, -0.25) is 0 Å². The SMILES string of the molecule is N#CC1(S(N)(=O)=O)CC1. The summed E-state index contributed by atoms with van der Waals surface area (Å²) < 4.78 is 19.8. The molecule has 1 rings (SSSR count). The molecule has 4 nitrogen and oxygen atoms in total. The van der Waals surface area contributed by atoms with Crippen molar-refractivity contribution in [1.29, 1.82) is 5.26 Å². The van der Waals surface area contributed by atoms with Gasteiger partial charge >= 0.3 is 0 Å². The van der Waals surface area contributed by atoms with Crippen molar-refractivity contribution in [3.05, 3.63) is 0 Å². The molecule has 0 saturated heterocycles. The van der Waals surface area contributed by atoms with E-state index in [1.165, 1.54) is 0 Å². The second-order valence-corrected chi connectivity index (χ2v) is 4.02. The van der Waals surface area contributed by atoms with E-state index in [1.54, 1.807) is 6.07 Å². The molecule has 0 unspecified atom stereocenters. The van der Waals surface area contributed by atoms with E-state index >= 15 is 0 Å². The van der Waals surface area contributed by atoms with Crippen molar-refractivity contribution < 1.29 is 8.42 Å². The molecule has 1 fully saturated rings. The van der Waals surface area contributed by atoms with E-state index in [4.69, 9.17) is 10.4 Å². The largest absolute Gasteiger partial charge is 0.228 e. The summed E-state index contributed by atoms with van der Waals surface area (Å²) in [4.78, 5) is 0. The van der Waals surface area contributed by atoms with Crippen molar-refractivity contribution in [1.82, 2.24) is 0 Å². The number of primary sulfonamides is 1. The maximum absolute atomic E-state index is 10.5. The molecule has 50 valence electrons. The third-order valence-electron chi connectivity index (χ3n) is 1.45. The van der Waals surface area contributed by atoms with E-state index in [9.17, 15) is 8.42 Å². The molecule has 0 aromatic rings. The van der Waals surface area contributed by atoms with Crippen LogP contribution in [0.2, 0.25) is 0 Å². The third kappa shape index (κ3) is 0.802. The van der Waals surface area contributed by atoms with Crippen LogP contribution in [0.1, 0.15) is 12.8 Å². The first kappa shape index (κ1) is 6.52. The van der Waals surface area contributed by atoms with Crippen molar-refractivity contribution in [3.8, 4) is 6.07 Å². The molecule has 0 aromatic heterocycles. The molecule has 0 spiro atoms. The van der Waals surface area contributed by atoms with Crippen molar-refractivity contribution >= 4 is 10.0 Å². The Morgan fingerprint density at radius 2 is 2.00 bits per heavy atom. The number of hydrogen-bond acceptors (Lipinski definition) is 3. The number of rotatable bonds is 1. The summed E-state index contributed by atoms with van der Waals surface area (Å²) in [6.07, 6.45) is 0.782. The van der Waals surface area contributed by atoms with E-state index in [-0.39, 0.29) is 0 Å². The van der Waals surface area contributed by atoms with Gasteiger partial charge in [-0.05, 0) is 12.8 Å². The molecule has 1 saturated carbocycles. The van der Waals surface area contributed by atoms with Gasteiger partial charge in [0.2, 0.25) is 10.0 Å². The zero-order valence-corrected chi connectivity index (χ0v) is 5.48. The topological polar surface area (TPSA) is 83.9 Å². The van der Waals surface area contributed by atoms with Crippen LogP contribution in [0.5, 0.6) is 0 Å². The van der Waals surface area contributed by atoms with Crippen molar-refractivity contribution in [3.63, 3.8) is 0 Å². The zero-order chi connectivity index (χ0) is 7.12.